The number of carbonyl (C=O) groups is 2. The van der Waals surface area contributed by atoms with E-state index in [1.165, 1.54) is 5.69 Å². The van der Waals surface area contributed by atoms with Crippen LogP contribution in [0.25, 0.3) is 0 Å². The molecule has 1 aromatic heterocycles. The third-order valence-electron chi connectivity index (χ3n) is 4.50. The number of nitrogens with zero attached hydrogens (tertiary/aromatic N) is 3. The third kappa shape index (κ3) is 2.09. The molecule has 0 bridgehead atoms. The van der Waals surface area contributed by atoms with Crippen molar-refractivity contribution in [2.24, 2.45) is 18.7 Å². The number of aromatic nitrogens is 2. The molecule has 1 aliphatic carbocycles. The molecule has 2 amide bonds. The zero-order valence-electron chi connectivity index (χ0n) is 11.8. The first-order chi connectivity index (χ1) is 9.58. The largest absolute Gasteiger partial charge is 0.369 e. The average Bonchev–Trinajstić information content (AvgIpc) is 3.03. The van der Waals surface area contributed by atoms with Crippen molar-refractivity contribution in [1.82, 2.24) is 14.7 Å². The van der Waals surface area contributed by atoms with E-state index < -0.39 is 0 Å². The maximum atomic E-state index is 12.6. The fourth-order valence-corrected chi connectivity index (χ4v) is 3.30. The zero-order valence-corrected chi connectivity index (χ0v) is 11.8. The molecule has 0 aromatic carbocycles. The molecule has 6 heteroatoms. The standard InChI is InChI=1S/C14H20N4O2/c1-17-11-4-2-3-10(11)12(16-17)14(20)18-7-5-9(6-8-18)13(15)19/h9H,2-8H2,1H3,(H2,15,19). The van der Waals surface area contributed by atoms with Crippen LogP contribution in [0.4, 0.5) is 0 Å². The molecule has 1 fully saturated rings. The number of nitrogens with two attached hydrogens (primary N) is 1. The van der Waals surface area contributed by atoms with Crippen LogP contribution >= 0.6 is 0 Å². The highest BCUT2D eigenvalue weighted by Gasteiger charge is 2.31. The summed E-state index contributed by atoms with van der Waals surface area (Å²) in [4.78, 5) is 25.5. The molecule has 0 spiro atoms. The van der Waals surface area contributed by atoms with E-state index in [1.54, 1.807) is 4.90 Å². The Balaban J connectivity index is 1.74. The molecule has 1 saturated heterocycles. The highest BCUT2D eigenvalue weighted by Crippen LogP contribution is 2.26. The van der Waals surface area contributed by atoms with Gasteiger partial charge in [-0.1, -0.05) is 0 Å². The predicted molar refractivity (Wildman–Crippen MR) is 73.1 cm³/mol. The maximum Gasteiger partial charge on any atom is 0.274 e. The summed E-state index contributed by atoms with van der Waals surface area (Å²) in [5.74, 6) is -0.337. The van der Waals surface area contributed by atoms with E-state index in [9.17, 15) is 9.59 Å². The number of fused-ring (bicyclic) bond motifs is 1. The lowest BCUT2D eigenvalue weighted by Crippen LogP contribution is -2.42. The Morgan fingerprint density at radius 3 is 2.60 bits per heavy atom. The van der Waals surface area contributed by atoms with Crippen molar-refractivity contribution >= 4 is 11.8 Å². The van der Waals surface area contributed by atoms with E-state index in [1.807, 2.05) is 11.7 Å². The van der Waals surface area contributed by atoms with Gasteiger partial charge in [-0.3, -0.25) is 14.3 Å². The van der Waals surface area contributed by atoms with Crippen molar-refractivity contribution in [2.75, 3.05) is 13.1 Å². The van der Waals surface area contributed by atoms with Crippen LogP contribution in [0.2, 0.25) is 0 Å². The van der Waals surface area contributed by atoms with Crippen LogP contribution in [0.5, 0.6) is 0 Å². The summed E-state index contributed by atoms with van der Waals surface area (Å²) < 4.78 is 1.84. The smallest absolute Gasteiger partial charge is 0.274 e. The molecular formula is C14H20N4O2. The van der Waals surface area contributed by atoms with Crippen LogP contribution in [-0.4, -0.2) is 39.6 Å². The molecule has 3 rings (SSSR count). The SMILES string of the molecule is Cn1nc(C(=O)N2CCC(C(N)=O)CC2)c2c1CCC2. The lowest BCUT2D eigenvalue weighted by Gasteiger charge is -2.30. The number of likely N-dealkylation sites (tertiary alicyclic amines) is 1. The summed E-state index contributed by atoms with van der Waals surface area (Å²) in [6.07, 6.45) is 4.38. The Kier molecular flexibility index (Phi) is 3.23. The van der Waals surface area contributed by atoms with Crippen LogP contribution < -0.4 is 5.73 Å². The summed E-state index contributed by atoms with van der Waals surface area (Å²) in [6, 6.07) is 0. The highest BCUT2D eigenvalue weighted by atomic mass is 16.2. The summed E-state index contributed by atoms with van der Waals surface area (Å²) in [5, 5.41) is 4.40. The fourth-order valence-electron chi connectivity index (χ4n) is 3.30. The maximum absolute atomic E-state index is 12.6. The summed E-state index contributed by atoms with van der Waals surface area (Å²) in [5.41, 5.74) is 8.24. The van der Waals surface area contributed by atoms with E-state index in [2.05, 4.69) is 5.10 Å². The number of hydrogen-bond acceptors (Lipinski definition) is 3. The van der Waals surface area contributed by atoms with Crippen molar-refractivity contribution in [2.45, 2.75) is 32.1 Å². The van der Waals surface area contributed by atoms with Crippen molar-refractivity contribution in [1.29, 1.82) is 0 Å². The molecule has 20 heavy (non-hydrogen) atoms. The first-order valence-electron chi connectivity index (χ1n) is 7.21. The number of rotatable bonds is 2. The third-order valence-corrected chi connectivity index (χ3v) is 4.50. The van der Waals surface area contributed by atoms with Gasteiger partial charge in [0.05, 0.1) is 0 Å². The van der Waals surface area contributed by atoms with Crippen LogP contribution in [0, 0.1) is 5.92 Å². The topological polar surface area (TPSA) is 81.2 Å². The van der Waals surface area contributed by atoms with Gasteiger partial charge in [0, 0.05) is 37.3 Å². The van der Waals surface area contributed by atoms with E-state index in [0.29, 0.717) is 31.6 Å². The molecule has 2 heterocycles. The molecule has 6 nitrogen and oxygen atoms in total. The number of carbonyl (C=O) groups excluding carboxylic acids is 2. The molecular weight excluding hydrogens is 256 g/mol. The Morgan fingerprint density at radius 2 is 1.95 bits per heavy atom. The zero-order chi connectivity index (χ0) is 14.3. The van der Waals surface area contributed by atoms with Gasteiger partial charge in [0.1, 0.15) is 0 Å². The molecule has 0 unspecified atom stereocenters. The minimum Gasteiger partial charge on any atom is -0.369 e. The van der Waals surface area contributed by atoms with Crippen molar-refractivity contribution in [3.8, 4) is 0 Å². The van der Waals surface area contributed by atoms with Gasteiger partial charge in [0.2, 0.25) is 5.91 Å². The minimum absolute atomic E-state index is 0.00618. The van der Waals surface area contributed by atoms with Crippen LogP contribution in [-0.2, 0) is 24.7 Å². The normalized spacial score (nSPS) is 19.1. The van der Waals surface area contributed by atoms with Crippen molar-refractivity contribution < 1.29 is 9.59 Å². The van der Waals surface area contributed by atoms with Crippen molar-refractivity contribution in [3.63, 3.8) is 0 Å². The molecule has 2 aliphatic rings. The monoisotopic (exact) mass is 276 g/mol. The molecule has 0 radical (unpaired) electrons. The Morgan fingerprint density at radius 1 is 1.25 bits per heavy atom. The quantitative estimate of drug-likeness (QED) is 0.840. The van der Waals surface area contributed by atoms with Gasteiger partial charge in [-0.25, -0.2) is 0 Å². The van der Waals surface area contributed by atoms with Gasteiger partial charge in [0.25, 0.3) is 5.91 Å². The predicted octanol–water partition coefficient (Wildman–Crippen LogP) is 0.246. The number of piperidine rings is 1. The van der Waals surface area contributed by atoms with E-state index in [0.717, 1.165) is 24.8 Å². The first-order valence-corrected chi connectivity index (χ1v) is 7.21. The highest BCUT2D eigenvalue weighted by molar-refractivity contribution is 5.94. The first kappa shape index (κ1) is 13.1. The van der Waals surface area contributed by atoms with Crippen LogP contribution in [0.1, 0.15) is 41.0 Å². The number of aryl methyl sites for hydroxylation is 1. The van der Waals surface area contributed by atoms with Gasteiger partial charge >= 0.3 is 0 Å². The van der Waals surface area contributed by atoms with Gasteiger partial charge in [-0.15, -0.1) is 0 Å². The van der Waals surface area contributed by atoms with Gasteiger partial charge in [-0.05, 0) is 32.1 Å². The summed E-state index contributed by atoms with van der Waals surface area (Å²) >= 11 is 0. The van der Waals surface area contributed by atoms with Crippen molar-refractivity contribution in [3.05, 3.63) is 17.0 Å². The second-order valence-corrected chi connectivity index (χ2v) is 5.72. The van der Waals surface area contributed by atoms with E-state index >= 15 is 0 Å². The molecule has 2 N–H and O–H groups in total. The Hall–Kier alpha value is -1.85. The summed E-state index contributed by atoms with van der Waals surface area (Å²) in [6.45, 7) is 1.19. The van der Waals surface area contributed by atoms with Gasteiger partial charge in [0.15, 0.2) is 5.69 Å². The Labute approximate surface area is 117 Å². The van der Waals surface area contributed by atoms with Gasteiger partial charge in [-0.2, -0.15) is 5.10 Å². The number of primary amides is 1. The summed E-state index contributed by atoms with van der Waals surface area (Å²) in [7, 11) is 1.90. The second kappa shape index (κ2) is 4.92. The van der Waals surface area contributed by atoms with E-state index in [-0.39, 0.29) is 17.7 Å². The Bertz CT molecular complexity index is 556. The molecule has 108 valence electrons. The fraction of sp³-hybridized carbons (Fsp3) is 0.643. The van der Waals surface area contributed by atoms with Crippen LogP contribution in [0.15, 0.2) is 0 Å². The molecule has 0 saturated carbocycles. The number of hydrogen-bond donors (Lipinski definition) is 1. The second-order valence-electron chi connectivity index (χ2n) is 5.72. The average molecular weight is 276 g/mol. The van der Waals surface area contributed by atoms with Crippen LogP contribution in [0.3, 0.4) is 0 Å². The lowest BCUT2D eigenvalue weighted by molar-refractivity contribution is -0.123. The molecule has 1 aromatic rings. The molecule has 1 aliphatic heterocycles. The number of amides is 2. The van der Waals surface area contributed by atoms with E-state index in [4.69, 9.17) is 5.73 Å². The van der Waals surface area contributed by atoms with Gasteiger partial charge < -0.3 is 10.6 Å². The minimum atomic E-state index is -0.254. The molecule has 0 atom stereocenters. The lowest BCUT2D eigenvalue weighted by atomic mass is 9.96.